The van der Waals surface area contributed by atoms with Gasteiger partial charge < -0.3 is 19.1 Å². The van der Waals surface area contributed by atoms with Crippen molar-refractivity contribution >= 4 is 39.7 Å². The maximum Gasteiger partial charge on any atom is 0.427 e. The third-order valence-corrected chi connectivity index (χ3v) is 7.31. The molecule has 9 heteroatoms. The van der Waals surface area contributed by atoms with E-state index in [0.717, 1.165) is 36.0 Å². The molecule has 0 bridgehead atoms. The van der Waals surface area contributed by atoms with E-state index in [-0.39, 0.29) is 5.56 Å². The van der Waals surface area contributed by atoms with Gasteiger partial charge >= 0.3 is 12.2 Å². The van der Waals surface area contributed by atoms with Gasteiger partial charge in [0.15, 0.2) is 0 Å². The van der Waals surface area contributed by atoms with Crippen molar-refractivity contribution in [2.75, 3.05) is 24.6 Å². The van der Waals surface area contributed by atoms with Crippen LogP contribution < -0.4 is 9.64 Å². The molecule has 3 amide bonds. The maximum absolute atomic E-state index is 14.1. The minimum Gasteiger partial charge on any atom is -0.492 e. The number of amides is 3. The van der Waals surface area contributed by atoms with Crippen LogP contribution in [0.2, 0.25) is 0 Å². The van der Waals surface area contributed by atoms with Crippen LogP contribution in [0.25, 0.3) is 0 Å². The van der Waals surface area contributed by atoms with E-state index >= 15 is 0 Å². The Morgan fingerprint density at radius 2 is 1.51 bits per heavy atom. The number of carbonyl (C=O) groups excluding carboxylic acids is 3. The average molecular weight is 551 g/mol. The van der Waals surface area contributed by atoms with Gasteiger partial charge in [-0.15, -0.1) is 4.90 Å². The van der Waals surface area contributed by atoms with Gasteiger partial charge in [-0.05, 0) is 78.7 Å². The largest absolute Gasteiger partial charge is 0.492 e. The van der Waals surface area contributed by atoms with Gasteiger partial charge in [-0.3, -0.25) is 4.79 Å². The number of carbonyl (C=O) groups is 3. The van der Waals surface area contributed by atoms with Crippen LogP contribution >= 0.6 is 15.9 Å². The molecule has 1 saturated heterocycles. The summed E-state index contributed by atoms with van der Waals surface area (Å²) in [5, 5.41) is 0. The molecule has 2 aliphatic heterocycles. The summed E-state index contributed by atoms with van der Waals surface area (Å²) in [5.74, 6) is -0.399. The molecule has 2 fully saturated rings. The van der Waals surface area contributed by atoms with Crippen molar-refractivity contribution in [2.45, 2.75) is 84.8 Å². The fourth-order valence-corrected chi connectivity index (χ4v) is 5.22. The van der Waals surface area contributed by atoms with Crippen molar-refractivity contribution in [1.29, 1.82) is 0 Å². The Morgan fingerprint density at radius 1 is 0.971 bits per heavy atom. The molecular weight excluding hydrogens is 516 g/mol. The normalized spacial score (nSPS) is 18.5. The molecule has 35 heavy (non-hydrogen) atoms. The molecular formula is C26H35BrN2O6. The van der Waals surface area contributed by atoms with Gasteiger partial charge in [-0.2, -0.15) is 0 Å². The van der Waals surface area contributed by atoms with Crippen LogP contribution in [0.3, 0.4) is 0 Å². The number of halogens is 1. The Morgan fingerprint density at radius 3 is 2.00 bits per heavy atom. The standard InChI is InChI=1S/C26H35BrN2O6/c1-24(2,3)34-22(31)29(23(32)35-25(4,5)6)21(30)19-18(15-17(27)16-7-14-33-20(16)19)28-12-10-26(8-9-26)11-13-28/h15H,7-14H2,1-6H3. The second-order valence-corrected chi connectivity index (χ2v) is 12.6. The lowest BCUT2D eigenvalue weighted by atomic mass is 9.92. The SMILES string of the molecule is CC(C)(C)OC(=O)N(C(=O)OC(C)(C)C)C(=O)c1c(N2CCC3(CC2)CC3)cc(Br)c2c1OCC2. The van der Waals surface area contributed by atoms with Crippen LogP contribution in [0, 0.1) is 5.41 Å². The topological polar surface area (TPSA) is 85.4 Å². The number of rotatable bonds is 2. The lowest BCUT2D eigenvalue weighted by Gasteiger charge is -2.36. The van der Waals surface area contributed by atoms with Crippen molar-refractivity contribution in [3.05, 3.63) is 21.7 Å². The summed E-state index contributed by atoms with van der Waals surface area (Å²) in [6.45, 7) is 12.1. The van der Waals surface area contributed by atoms with Crippen molar-refractivity contribution < 1.29 is 28.6 Å². The Bertz CT molecular complexity index is 1010. The first kappa shape index (κ1) is 25.8. The van der Waals surface area contributed by atoms with E-state index in [4.69, 9.17) is 14.2 Å². The van der Waals surface area contributed by atoms with Gasteiger partial charge in [-0.25, -0.2) is 9.59 Å². The monoisotopic (exact) mass is 550 g/mol. The van der Waals surface area contributed by atoms with E-state index in [0.29, 0.717) is 34.8 Å². The molecule has 3 aliphatic rings. The van der Waals surface area contributed by atoms with E-state index in [1.807, 2.05) is 6.07 Å². The number of fused-ring (bicyclic) bond motifs is 1. The highest BCUT2D eigenvalue weighted by Gasteiger charge is 2.46. The highest BCUT2D eigenvalue weighted by molar-refractivity contribution is 9.10. The zero-order chi connectivity index (χ0) is 25.8. The van der Waals surface area contributed by atoms with E-state index < -0.39 is 29.3 Å². The third kappa shape index (κ3) is 5.60. The second kappa shape index (κ2) is 8.98. The summed E-state index contributed by atoms with van der Waals surface area (Å²) in [6.07, 6.45) is 3.10. The Labute approximate surface area is 215 Å². The van der Waals surface area contributed by atoms with Crippen LogP contribution in [0.5, 0.6) is 5.75 Å². The van der Waals surface area contributed by atoms with Crippen molar-refractivity contribution in [3.63, 3.8) is 0 Å². The van der Waals surface area contributed by atoms with E-state index in [1.54, 1.807) is 41.5 Å². The quantitative estimate of drug-likeness (QED) is 0.441. The van der Waals surface area contributed by atoms with Crippen molar-refractivity contribution in [1.82, 2.24) is 4.90 Å². The summed E-state index contributed by atoms with van der Waals surface area (Å²) >= 11 is 3.64. The van der Waals surface area contributed by atoms with E-state index in [1.165, 1.54) is 12.8 Å². The molecule has 4 rings (SSSR count). The van der Waals surface area contributed by atoms with Gasteiger partial charge in [0, 0.05) is 29.5 Å². The minimum atomic E-state index is -1.08. The first-order valence-corrected chi connectivity index (χ1v) is 13.0. The molecule has 192 valence electrons. The van der Waals surface area contributed by atoms with Crippen molar-refractivity contribution in [3.8, 4) is 5.75 Å². The van der Waals surface area contributed by atoms with Gasteiger partial charge in [0.2, 0.25) is 0 Å². The smallest absolute Gasteiger partial charge is 0.427 e. The molecule has 0 atom stereocenters. The van der Waals surface area contributed by atoms with E-state index in [9.17, 15) is 14.4 Å². The third-order valence-electron chi connectivity index (χ3n) is 6.60. The van der Waals surface area contributed by atoms with Crippen molar-refractivity contribution in [2.24, 2.45) is 5.41 Å². The zero-order valence-electron chi connectivity index (χ0n) is 21.5. The van der Waals surface area contributed by atoms with Crippen LogP contribution in [-0.2, 0) is 15.9 Å². The van der Waals surface area contributed by atoms with Gasteiger partial charge in [0.1, 0.15) is 22.5 Å². The summed E-state index contributed by atoms with van der Waals surface area (Å²) in [4.78, 5) is 43.0. The number of imide groups is 3. The molecule has 1 aromatic rings. The number of anilines is 1. The number of piperidine rings is 1. The number of ether oxygens (including phenoxy) is 3. The summed E-state index contributed by atoms with van der Waals surface area (Å²) in [6, 6.07) is 1.91. The highest BCUT2D eigenvalue weighted by Crippen LogP contribution is 2.54. The van der Waals surface area contributed by atoms with Crippen LogP contribution in [0.15, 0.2) is 10.5 Å². The van der Waals surface area contributed by atoms with Gasteiger partial charge in [-0.1, -0.05) is 15.9 Å². The Hall–Kier alpha value is -2.29. The molecule has 1 spiro atoms. The molecule has 1 aromatic carbocycles. The number of hydrogen-bond acceptors (Lipinski definition) is 7. The van der Waals surface area contributed by atoms with Gasteiger partial charge in [0.25, 0.3) is 5.91 Å². The minimum absolute atomic E-state index is 0.198. The van der Waals surface area contributed by atoms with Crippen LogP contribution in [-0.4, -0.2) is 53.9 Å². The summed E-state index contributed by atoms with van der Waals surface area (Å²) in [7, 11) is 0. The van der Waals surface area contributed by atoms with E-state index in [2.05, 4.69) is 20.8 Å². The molecule has 8 nitrogen and oxygen atoms in total. The fraction of sp³-hybridized carbons (Fsp3) is 0.654. The molecule has 2 heterocycles. The Balaban J connectivity index is 1.77. The molecule has 0 N–H and O–H groups in total. The second-order valence-electron chi connectivity index (χ2n) is 11.7. The Kier molecular flexibility index (Phi) is 6.62. The fourth-order valence-electron chi connectivity index (χ4n) is 4.62. The zero-order valence-corrected chi connectivity index (χ0v) is 23.0. The number of nitrogens with zero attached hydrogens (tertiary/aromatic N) is 2. The first-order valence-electron chi connectivity index (χ1n) is 12.2. The molecule has 0 radical (unpaired) electrons. The van der Waals surface area contributed by atoms with Gasteiger partial charge in [0.05, 0.1) is 12.3 Å². The number of hydrogen-bond donors (Lipinski definition) is 0. The van der Waals surface area contributed by atoms with Crippen LogP contribution in [0.1, 0.15) is 83.1 Å². The summed E-state index contributed by atoms with van der Waals surface area (Å²) < 4.78 is 17.7. The lowest BCUT2D eigenvalue weighted by Crippen LogP contribution is -2.47. The molecule has 0 aromatic heterocycles. The average Bonchev–Trinajstić information content (AvgIpc) is 3.27. The van der Waals surface area contributed by atoms with Crippen LogP contribution in [0.4, 0.5) is 15.3 Å². The lowest BCUT2D eigenvalue weighted by molar-refractivity contribution is 0.00395. The molecule has 1 saturated carbocycles. The highest BCUT2D eigenvalue weighted by atomic mass is 79.9. The number of benzene rings is 1. The molecule has 0 unspecified atom stereocenters. The predicted octanol–water partition coefficient (Wildman–Crippen LogP) is 6.08. The maximum atomic E-state index is 14.1. The predicted molar refractivity (Wildman–Crippen MR) is 135 cm³/mol. The summed E-state index contributed by atoms with van der Waals surface area (Å²) in [5.41, 5.74) is 0.318. The first-order chi connectivity index (χ1) is 16.2. The molecule has 1 aliphatic carbocycles.